The Morgan fingerprint density at radius 2 is 2.15 bits per heavy atom. The van der Waals surface area contributed by atoms with E-state index < -0.39 is 5.91 Å². The van der Waals surface area contributed by atoms with Gasteiger partial charge in [-0.1, -0.05) is 22.9 Å². The summed E-state index contributed by atoms with van der Waals surface area (Å²) in [7, 11) is 1.52. The number of nitrogens with two attached hydrogens (primary N) is 1. The molecule has 0 bridgehead atoms. The Morgan fingerprint density at radius 3 is 2.77 bits per heavy atom. The van der Waals surface area contributed by atoms with Crippen molar-refractivity contribution in [1.29, 1.82) is 0 Å². The molecule has 9 heteroatoms. The molecule has 0 saturated carbocycles. The number of thiazole rings is 1. The number of fused-ring (bicyclic) bond motifs is 1. The molecule has 0 spiro atoms. The lowest BCUT2D eigenvalue weighted by Crippen LogP contribution is -2.19. The van der Waals surface area contributed by atoms with E-state index in [9.17, 15) is 9.59 Å². The minimum atomic E-state index is -0.521. The zero-order valence-corrected chi connectivity index (χ0v) is 15.9. The van der Waals surface area contributed by atoms with Crippen LogP contribution in [0.2, 0.25) is 5.02 Å². The van der Waals surface area contributed by atoms with Crippen LogP contribution in [0.15, 0.2) is 23.0 Å². The molecule has 0 aliphatic carbocycles. The van der Waals surface area contributed by atoms with Crippen molar-refractivity contribution < 1.29 is 9.53 Å². The van der Waals surface area contributed by atoms with Crippen LogP contribution in [0, 0.1) is 6.92 Å². The molecule has 4 N–H and O–H groups in total. The molecule has 0 radical (unpaired) electrons. The maximum absolute atomic E-state index is 12.5. The van der Waals surface area contributed by atoms with Crippen LogP contribution in [0.3, 0.4) is 0 Å². The van der Waals surface area contributed by atoms with Crippen molar-refractivity contribution in [2.45, 2.75) is 19.9 Å². The van der Waals surface area contributed by atoms with E-state index >= 15 is 0 Å². The van der Waals surface area contributed by atoms with Crippen LogP contribution in [0.25, 0.3) is 10.9 Å². The number of benzene rings is 1. The number of carbonyl (C=O) groups excluding carboxylic acids is 1. The lowest BCUT2D eigenvalue weighted by molar-refractivity contribution is 0.100. The molecular weight excluding hydrogens is 376 g/mol. The van der Waals surface area contributed by atoms with Crippen LogP contribution in [-0.4, -0.2) is 23.0 Å². The highest BCUT2D eigenvalue weighted by molar-refractivity contribution is 7.17. The summed E-state index contributed by atoms with van der Waals surface area (Å²) >= 11 is 7.33. The number of halogens is 1. The van der Waals surface area contributed by atoms with Crippen LogP contribution in [0.4, 0.5) is 5.13 Å². The zero-order valence-electron chi connectivity index (χ0n) is 14.3. The molecule has 7 nitrogen and oxygen atoms in total. The minimum Gasteiger partial charge on any atom is -0.495 e. The van der Waals surface area contributed by atoms with Gasteiger partial charge in [-0.3, -0.25) is 9.59 Å². The first kappa shape index (κ1) is 18.2. The van der Waals surface area contributed by atoms with Gasteiger partial charge in [0.1, 0.15) is 10.6 Å². The monoisotopic (exact) mass is 392 g/mol. The van der Waals surface area contributed by atoms with Gasteiger partial charge in [-0.25, -0.2) is 4.98 Å². The highest BCUT2D eigenvalue weighted by atomic mass is 35.5. The Kier molecular flexibility index (Phi) is 4.88. The third-order valence-electron chi connectivity index (χ3n) is 3.97. The summed E-state index contributed by atoms with van der Waals surface area (Å²) in [4.78, 5) is 31.3. The topological polar surface area (TPSA) is 110 Å². The second kappa shape index (κ2) is 6.97. The Labute approximate surface area is 158 Å². The van der Waals surface area contributed by atoms with E-state index in [2.05, 4.69) is 15.3 Å². The first-order valence-corrected chi connectivity index (χ1v) is 8.93. The molecule has 136 valence electrons. The smallest absolute Gasteiger partial charge is 0.260 e. The molecule has 2 aromatic heterocycles. The molecule has 26 heavy (non-hydrogen) atoms. The van der Waals surface area contributed by atoms with Gasteiger partial charge in [-0.15, -0.1) is 0 Å². The average Bonchev–Trinajstić information content (AvgIpc) is 2.94. The molecule has 3 aromatic rings. The number of nitrogens with one attached hydrogen (secondary N) is 2. The van der Waals surface area contributed by atoms with Crippen LogP contribution >= 0.6 is 22.9 Å². The summed E-state index contributed by atoms with van der Waals surface area (Å²) in [6.07, 6.45) is 0. The molecule has 2 heterocycles. The normalized spacial score (nSPS) is 12.2. The van der Waals surface area contributed by atoms with Crippen molar-refractivity contribution in [2.75, 3.05) is 12.4 Å². The number of H-pyrrole nitrogens is 1. The van der Waals surface area contributed by atoms with Crippen molar-refractivity contribution in [3.63, 3.8) is 0 Å². The van der Waals surface area contributed by atoms with E-state index in [-0.39, 0.29) is 11.6 Å². The van der Waals surface area contributed by atoms with Gasteiger partial charge in [0.15, 0.2) is 5.13 Å². The first-order valence-electron chi connectivity index (χ1n) is 7.74. The van der Waals surface area contributed by atoms with Crippen molar-refractivity contribution in [3.8, 4) is 5.75 Å². The molecule has 3 rings (SSSR count). The van der Waals surface area contributed by atoms with E-state index in [0.29, 0.717) is 37.6 Å². The number of ether oxygens (including phenoxy) is 1. The molecule has 1 amide bonds. The Hall–Kier alpha value is -2.58. The minimum absolute atomic E-state index is 0.231. The number of primary amides is 1. The zero-order chi connectivity index (χ0) is 19.0. The first-order chi connectivity index (χ1) is 12.3. The van der Waals surface area contributed by atoms with Gasteiger partial charge in [0.2, 0.25) is 0 Å². The molecule has 0 aliphatic heterocycles. The van der Waals surface area contributed by atoms with Crippen LogP contribution in [0.5, 0.6) is 5.75 Å². The number of hydrogen-bond acceptors (Lipinski definition) is 6. The number of pyridine rings is 1. The highest BCUT2D eigenvalue weighted by Crippen LogP contribution is 2.30. The van der Waals surface area contributed by atoms with Gasteiger partial charge < -0.3 is 20.8 Å². The second-order valence-electron chi connectivity index (χ2n) is 5.79. The Morgan fingerprint density at radius 1 is 1.42 bits per heavy atom. The molecule has 1 atom stereocenters. The van der Waals surface area contributed by atoms with Gasteiger partial charge in [-0.05, 0) is 26.0 Å². The third kappa shape index (κ3) is 3.38. The van der Waals surface area contributed by atoms with Crippen molar-refractivity contribution >= 4 is 44.9 Å². The lowest BCUT2D eigenvalue weighted by Gasteiger charge is -2.14. The number of rotatable bonds is 5. The number of aromatic amines is 1. The fraction of sp³-hybridized carbons (Fsp3) is 0.235. The summed E-state index contributed by atoms with van der Waals surface area (Å²) in [5.41, 5.74) is 6.80. The molecule has 0 aliphatic rings. The fourth-order valence-corrected chi connectivity index (χ4v) is 3.81. The number of aromatic nitrogens is 2. The summed E-state index contributed by atoms with van der Waals surface area (Å²) < 4.78 is 5.17. The van der Waals surface area contributed by atoms with E-state index in [0.717, 1.165) is 16.7 Å². The molecular formula is C17H17ClN4O3S. The third-order valence-corrected chi connectivity index (χ3v) is 5.37. The van der Waals surface area contributed by atoms with Crippen LogP contribution < -0.4 is 21.3 Å². The molecule has 0 fully saturated rings. The number of carbonyl (C=O) groups is 1. The van der Waals surface area contributed by atoms with Crippen molar-refractivity contribution in [2.24, 2.45) is 5.73 Å². The van der Waals surface area contributed by atoms with Crippen LogP contribution in [-0.2, 0) is 0 Å². The van der Waals surface area contributed by atoms with Crippen molar-refractivity contribution in [1.82, 2.24) is 9.97 Å². The lowest BCUT2D eigenvalue weighted by atomic mass is 10.1. The average molecular weight is 393 g/mol. The number of amides is 1. The van der Waals surface area contributed by atoms with Gasteiger partial charge in [0.25, 0.3) is 11.5 Å². The second-order valence-corrected chi connectivity index (χ2v) is 7.20. The van der Waals surface area contributed by atoms with Crippen LogP contribution in [0.1, 0.15) is 33.9 Å². The summed E-state index contributed by atoms with van der Waals surface area (Å²) in [6, 6.07) is 4.85. The SMILES string of the molecule is COc1cc2[nH]c(=O)c([C@H](C)Nc3nc(C)c(C(N)=O)s3)cc2cc1Cl. The molecule has 1 aromatic carbocycles. The summed E-state index contributed by atoms with van der Waals surface area (Å²) in [5.74, 6) is -0.0289. The number of methoxy groups -OCH3 is 1. The van der Waals surface area contributed by atoms with E-state index in [1.807, 2.05) is 6.92 Å². The van der Waals surface area contributed by atoms with E-state index in [1.54, 1.807) is 25.1 Å². The Balaban J connectivity index is 1.96. The molecule has 0 unspecified atom stereocenters. The Bertz CT molecular complexity index is 1060. The van der Waals surface area contributed by atoms with Gasteiger partial charge in [0.05, 0.1) is 29.4 Å². The standard InChI is InChI=1S/C17H17ClN4O3S/c1-7(20-17-21-8(2)14(26-17)15(19)23)10-4-9-5-11(18)13(25-3)6-12(9)22-16(10)24/h4-7H,1-3H3,(H2,19,23)(H,20,21)(H,22,24)/t7-/m0/s1. The summed E-state index contributed by atoms with van der Waals surface area (Å²) in [6.45, 7) is 3.55. The number of anilines is 1. The maximum atomic E-state index is 12.5. The van der Waals surface area contributed by atoms with Gasteiger partial charge >= 0.3 is 0 Å². The predicted octanol–water partition coefficient (Wildman–Crippen LogP) is 3.23. The highest BCUT2D eigenvalue weighted by Gasteiger charge is 2.17. The fourth-order valence-electron chi connectivity index (χ4n) is 2.65. The summed E-state index contributed by atoms with van der Waals surface area (Å²) in [5, 5.41) is 4.91. The van der Waals surface area contributed by atoms with E-state index in [4.69, 9.17) is 22.1 Å². The number of hydrogen-bond donors (Lipinski definition) is 3. The largest absolute Gasteiger partial charge is 0.495 e. The number of aryl methyl sites for hydroxylation is 1. The number of nitrogens with zero attached hydrogens (tertiary/aromatic N) is 1. The van der Waals surface area contributed by atoms with Crippen molar-refractivity contribution in [3.05, 3.63) is 49.7 Å². The van der Waals surface area contributed by atoms with Gasteiger partial charge in [0, 0.05) is 17.0 Å². The van der Waals surface area contributed by atoms with Gasteiger partial charge in [-0.2, -0.15) is 0 Å². The maximum Gasteiger partial charge on any atom is 0.260 e. The van der Waals surface area contributed by atoms with E-state index in [1.165, 1.54) is 7.11 Å². The molecule has 0 saturated heterocycles. The quantitative estimate of drug-likeness (QED) is 0.617. The predicted molar refractivity (Wildman–Crippen MR) is 104 cm³/mol.